The lowest BCUT2D eigenvalue weighted by atomic mass is 9.95. The van der Waals surface area contributed by atoms with Gasteiger partial charge in [0.1, 0.15) is 0 Å². The van der Waals surface area contributed by atoms with Crippen molar-refractivity contribution >= 4 is 0 Å². The van der Waals surface area contributed by atoms with E-state index in [2.05, 4.69) is 34.5 Å². The van der Waals surface area contributed by atoms with Gasteiger partial charge in [-0.05, 0) is 35.4 Å². The van der Waals surface area contributed by atoms with Gasteiger partial charge < -0.3 is 24.3 Å². The number of fused-ring (bicyclic) bond motifs is 2. The lowest BCUT2D eigenvalue weighted by Gasteiger charge is -2.35. The molecule has 1 fully saturated rings. The minimum atomic E-state index is 0.145. The minimum Gasteiger partial charge on any atom is -0.454 e. The van der Waals surface area contributed by atoms with Crippen molar-refractivity contribution < 1.29 is 18.9 Å². The van der Waals surface area contributed by atoms with Gasteiger partial charge in [0.25, 0.3) is 0 Å². The molecule has 0 radical (unpaired) electrons. The lowest BCUT2D eigenvalue weighted by Crippen LogP contribution is -2.45. The van der Waals surface area contributed by atoms with Crippen LogP contribution in [-0.2, 0) is 0 Å². The fraction of sp³-hybridized carbons (Fsp3) is 0.368. The van der Waals surface area contributed by atoms with E-state index < -0.39 is 0 Å². The Kier molecular flexibility index (Phi) is 3.64. The maximum absolute atomic E-state index is 5.59. The van der Waals surface area contributed by atoms with E-state index in [-0.39, 0.29) is 6.04 Å². The number of piperazine rings is 1. The molecule has 0 atom stereocenters. The van der Waals surface area contributed by atoms with Crippen LogP contribution in [0.3, 0.4) is 0 Å². The molecule has 0 spiro atoms. The van der Waals surface area contributed by atoms with Crippen molar-refractivity contribution in [1.29, 1.82) is 0 Å². The highest BCUT2D eigenvalue weighted by molar-refractivity contribution is 5.50. The quantitative estimate of drug-likeness (QED) is 0.924. The van der Waals surface area contributed by atoms with Crippen LogP contribution in [0.25, 0.3) is 0 Å². The zero-order chi connectivity index (χ0) is 16.6. The third kappa shape index (κ3) is 2.67. The first-order valence-electron chi connectivity index (χ1n) is 8.62. The van der Waals surface area contributed by atoms with Crippen LogP contribution in [0.5, 0.6) is 23.0 Å². The fourth-order valence-corrected chi connectivity index (χ4v) is 3.72. The number of nitrogens with one attached hydrogen (secondary N) is 1. The van der Waals surface area contributed by atoms with Gasteiger partial charge in [-0.15, -0.1) is 0 Å². The zero-order valence-corrected chi connectivity index (χ0v) is 13.9. The first-order chi connectivity index (χ1) is 12.4. The highest BCUT2D eigenvalue weighted by Crippen LogP contribution is 2.40. The van der Waals surface area contributed by atoms with E-state index >= 15 is 0 Å². The number of hydrogen-bond acceptors (Lipinski definition) is 6. The van der Waals surface area contributed by atoms with Crippen molar-refractivity contribution in [2.75, 3.05) is 39.8 Å². The number of nitrogens with zero attached hydrogens (tertiary/aromatic N) is 1. The molecule has 5 rings (SSSR count). The molecule has 0 aliphatic carbocycles. The normalized spacial score (nSPS) is 18.8. The second-order valence-electron chi connectivity index (χ2n) is 6.41. The van der Waals surface area contributed by atoms with Gasteiger partial charge in [0.05, 0.1) is 6.04 Å². The predicted molar refractivity (Wildman–Crippen MR) is 91.4 cm³/mol. The molecule has 3 aliphatic heterocycles. The Morgan fingerprint density at radius 2 is 1.24 bits per heavy atom. The van der Waals surface area contributed by atoms with Gasteiger partial charge in [-0.3, -0.25) is 4.90 Å². The van der Waals surface area contributed by atoms with Gasteiger partial charge in [-0.2, -0.15) is 0 Å². The molecule has 1 saturated heterocycles. The standard InChI is InChI=1S/C19H20N2O4/c1-3-15-17(24-11-22-15)9-13(1)19(21-7-5-20-6-8-21)14-2-4-16-18(10-14)25-12-23-16/h1-4,9-10,19-20H,5-8,11-12H2. The molecular formula is C19H20N2O4. The van der Waals surface area contributed by atoms with E-state index in [0.29, 0.717) is 13.6 Å². The smallest absolute Gasteiger partial charge is 0.231 e. The van der Waals surface area contributed by atoms with Crippen LogP contribution in [0.1, 0.15) is 17.2 Å². The first kappa shape index (κ1) is 14.9. The fourth-order valence-electron chi connectivity index (χ4n) is 3.72. The maximum atomic E-state index is 5.59. The Balaban J connectivity index is 1.56. The highest BCUT2D eigenvalue weighted by Gasteiger charge is 2.27. The molecule has 130 valence electrons. The van der Waals surface area contributed by atoms with Crippen LogP contribution >= 0.6 is 0 Å². The summed E-state index contributed by atoms with van der Waals surface area (Å²) in [5.74, 6) is 3.26. The van der Waals surface area contributed by atoms with Crippen LogP contribution in [0.2, 0.25) is 0 Å². The summed E-state index contributed by atoms with van der Waals surface area (Å²) in [6, 6.07) is 12.6. The van der Waals surface area contributed by atoms with Crippen LogP contribution < -0.4 is 24.3 Å². The van der Waals surface area contributed by atoms with Crippen LogP contribution in [0.15, 0.2) is 36.4 Å². The van der Waals surface area contributed by atoms with Crippen molar-refractivity contribution in [3.05, 3.63) is 47.5 Å². The van der Waals surface area contributed by atoms with Gasteiger partial charge in [0.2, 0.25) is 13.6 Å². The maximum Gasteiger partial charge on any atom is 0.231 e. The molecule has 0 saturated carbocycles. The molecule has 0 bridgehead atoms. The second-order valence-corrected chi connectivity index (χ2v) is 6.41. The largest absolute Gasteiger partial charge is 0.454 e. The summed E-state index contributed by atoms with van der Waals surface area (Å²) >= 11 is 0. The van der Waals surface area contributed by atoms with Crippen molar-refractivity contribution in [3.63, 3.8) is 0 Å². The monoisotopic (exact) mass is 340 g/mol. The van der Waals surface area contributed by atoms with E-state index in [9.17, 15) is 0 Å². The van der Waals surface area contributed by atoms with E-state index in [1.807, 2.05) is 12.1 Å². The SMILES string of the molecule is c1cc2c(cc1C(c1ccc3c(c1)OCO3)N1CCNCC1)OCO2. The van der Waals surface area contributed by atoms with Gasteiger partial charge in [0, 0.05) is 26.2 Å². The van der Waals surface area contributed by atoms with E-state index in [4.69, 9.17) is 18.9 Å². The first-order valence-corrected chi connectivity index (χ1v) is 8.62. The highest BCUT2D eigenvalue weighted by atomic mass is 16.7. The van der Waals surface area contributed by atoms with Gasteiger partial charge in [-0.25, -0.2) is 0 Å². The van der Waals surface area contributed by atoms with Crippen molar-refractivity contribution in [2.45, 2.75) is 6.04 Å². The molecule has 3 aliphatic rings. The molecule has 3 heterocycles. The average Bonchev–Trinajstić information content (AvgIpc) is 3.31. The van der Waals surface area contributed by atoms with E-state index in [1.54, 1.807) is 0 Å². The molecule has 2 aromatic carbocycles. The topological polar surface area (TPSA) is 52.2 Å². The molecule has 6 heteroatoms. The summed E-state index contributed by atoms with van der Waals surface area (Å²) in [5.41, 5.74) is 2.40. The minimum absolute atomic E-state index is 0.145. The Morgan fingerprint density at radius 3 is 1.80 bits per heavy atom. The number of ether oxygens (including phenoxy) is 4. The Morgan fingerprint density at radius 1 is 0.720 bits per heavy atom. The molecule has 1 N–H and O–H groups in total. The van der Waals surface area contributed by atoms with Crippen LogP contribution in [0.4, 0.5) is 0 Å². The summed E-state index contributed by atoms with van der Waals surface area (Å²) in [4.78, 5) is 2.49. The third-order valence-electron chi connectivity index (χ3n) is 4.94. The van der Waals surface area contributed by atoms with Gasteiger partial charge >= 0.3 is 0 Å². The molecule has 2 aromatic rings. The van der Waals surface area contributed by atoms with Crippen LogP contribution in [-0.4, -0.2) is 44.7 Å². The molecule has 0 amide bonds. The van der Waals surface area contributed by atoms with E-state index in [0.717, 1.165) is 49.2 Å². The third-order valence-corrected chi connectivity index (χ3v) is 4.94. The van der Waals surface area contributed by atoms with E-state index in [1.165, 1.54) is 11.1 Å². The molecule has 6 nitrogen and oxygen atoms in total. The average molecular weight is 340 g/mol. The lowest BCUT2D eigenvalue weighted by molar-refractivity contribution is 0.173. The van der Waals surface area contributed by atoms with Crippen molar-refractivity contribution in [2.24, 2.45) is 0 Å². The summed E-state index contributed by atoms with van der Waals surface area (Å²) < 4.78 is 22.1. The zero-order valence-electron chi connectivity index (χ0n) is 13.9. The summed E-state index contributed by atoms with van der Waals surface area (Å²) in [7, 11) is 0. The summed E-state index contributed by atoms with van der Waals surface area (Å²) in [6.07, 6.45) is 0. The summed E-state index contributed by atoms with van der Waals surface area (Å²) in [5, 5.41) is 3.42. The predicted octanol–water partition coefficient (Wildman–Crippen LogP) is 2.14. The molecular weight excluding hydrogens is 320 g/mol. The van der Waals surface area contributed by atoms with Crippen molar-refractivity contribution in [3.8, 4) is 23.0 Å². The molecule has 0 unspecified atom stereocenters. The second kappa shape index (κ2) is 6.13. The molecule has 0 aromatic heterocycles. The Bertz CT molecular complexity index is 731. The van der Waals surface area contributed by atoms with Gasteiger partial charge in [0.15, 0.2) is 23.0 Å². The van der Waals surface area contributed by atoms with Crippen molar-refractivity contribution in [1.82, 2.24) is 10.2 Å². The number of hydrogen-bond donors (Lipinski definition) is 1. The van der Waals surface area contributed by atoms with Crippen LogP contribution in [0, 0.1) is 0 Å². The summed E-state index contributed by atoms with van der Waals surface area (Å²) in [6.45, 7) is 4.56. The Hall–Kier alpha value is -2.44. The number of rotatable bonds is 3. The number of benzene rings is 2. The molecule has 25 heavy (non-hydrogen) atoms. The van der Waals surface area contributed by atoms with Gasteiger partial charge in [-0.1, -0.05) is 12.1 Å². The Labute approximate surface area is 146 Å².